The Labute approximate surface area is 171 Å². The minimum absolute atomic E-state index is 0.153. The van der Waals surface area contributed by atoms with E-state index in [0.29, 0.717) is 12.1 Å². The van der Waals surface area contributed by atoms with Crippen LogP contribution < -0.4 is 5.63 Å². The summed E-state index contributed by atoms with van der Waals surface area (Å²) in [5.74, 6) is 0.375. The van der Waals surface area contributed by atoms with Gasteiger partial charge in [0.1, 0.15) is 5.58 Å². The average Bonchev–Trinajstić information content (AvgIpc) is 2.73. The van der Waals surface area contributed by atoms with Crippen LogP contribution in [-0.4, -0.2) is 17.9 Å². The summed E-state index contributed by atoms with van der Waals surface area (Å²) in [6.07, 6.45) is 5.52. The van der Waals surface area contributed by atoms with Gasteiger partial charge in [0, 0.05) is 36.5 Å². The van der Waals surface area contributed by atoms with Gasteiger partial charge in [0.2, 0.25) is 5.91 Å². The molecule has 1 amide bonds. The summed E-state index contributed by atoms with van der Waals surface area (Å²) in [5, 5.41) is 0.906. The first kappa shape index (κ1) is 19.4. The van der Waals surface area contributed by atoms with Gasteiger partial charge >= 0.3 is 5.63 Å². The third kappa shape index (κ3) is 4.12. The van der Waals surface area contributed by atoms with E-state index >= 15 is 0 Å². The largest absolute Gasteiger partial charge is 0.423 e. The number of carbonyl (C=O) groups excluding carboxylic acids is 1. The topological polar surface area (TPSA) is 50.5 Å². The molecule has 29 heavy (non-hydrogen) atoms. The highest BCUT2D eigenvalue weighted by Gasteiger charge is 2.24. The van der Waals surface area contributed by atoms with Crippen LogP contribution in [0.5, 0.6) is 0 Å². The monoisotopic (exact) mass is 389 g/mol. The van der Waals surface area contributed by atoms with E-state index in [4.69, 9.17) is 4.42 Å². The molecule has 1 saturated carbocycles. The van der Waals surface area contributed by atoms with Crippen molar-refractivity contribution in [2.24, 2.45) is 5.92 Å². The van der Waals surface area contributed by atoms with Crippen molar-refractivity contribution in [1.82, 2.24) is 4.90 Å². The Kier molecular flexibility index (Phi) is 5.52. The van der Waals surface area contributed by atoms with Crippen LogP contribution in [-0.2, 0) is 11.3 Å². The molecule has 0 spiro atoms. The van der Waals surface area contributed by atoms with Gasteiger partial charge in [-0.25, -0.2) is 4.79 Å². The van der Waals surface area contributed by atoms with E-state index in [0.717, 1.165) is 53.3 Å². The zero-order valence-corrected chi connectivity index (χ0v) is 17.1. The number of fused-ring (bicyclic) bond motifs is 1. The molecule has 0 bridgehead atoms. The molecule has 1 aliphatic rings. The molecule has 1 fully saturated rings. The summed E-state index contributed by atoms with van der Waals surface area (Å²) >= 11 is 0. The van der Waals surface area contributed by atoms with Crippen LogP contribution in [0.25, 0.3) is 22.1 Å². The minimum Gasteiger partial charge on any atom is -0.423 e. The maximum atomic E-state index is 12.7. The smallest absolute Gasteiger partial charge is 0.336 e. The summed E-state index contributed by atoms with van der Waals surface area (Å²) in [6, 6.07) is 15.5. The quantitative estimate of drug-likeness (QED) is 0.569. The van der Waals surface area contributed by atoms with Gasteiger partial charge < -0.3 is 9.32 Å². The average molecular weight is 389 g/mol. The van der Waals surface area contributed by atoms with E-state index in [1.54, 1.807) is 11.0 Å². The maximum Gasteiger partial charge on any atom is 0.336 e. The lowest BCUT2D eigenvalue weighted by molar-refractivity contribution is -0.135. The predicted molar refractivity (Wildman–Crippen MR) is 116 cm³/mol. The number of benzene rings is 2. The number of carbonyl (C=O) groups is 1. The maximum absolute atomic E-state index is 12.7. The number of hydrogen-bond donors (Lipinski definition) is 0. The highest BCUT2D eigenvalue weighted by Crippen LogP contribution is 2.30. The summed E-state index contributed by atoms with van der Waals surface area (Å²) in [5.41, 5.74) is 4.19. The van der Waals surface area contributed by atoms with Gasteiger partial charge in [-0.2, -0.15) is 0 Å². The van der Waals surface area contributed by atoms with Crippen molar-refractivity contribution in [1.29, 1.82) is 0 Å². The van der Waals surface area contributed by atoms with E-state index in [2.05, 4.69) is 0 Å². The third-order valence-corrected chi connectivity index (χ3v) is 5.99. The lowest BCUT2D eigenvalue weighted by atomic mass is 9.88. The first-order valence-electron chi connectivity index (χ1n) is 10.4. The van der Waals surface area contributed by atoms with E-state index in [1.165, 1.54) is 6.42 Å². The fraction of sp³-hybridized carbons (Fsp3) is 0.360. The molecule has 4 nitrogen and oxygen atoms in total. The van der Waals surface area contributed by atoms with Crippen molar-refractivity contribution in [2.75, 3.05) is 7.05 Å². The summed E-state index contributed by atoms with van der Waals surface area (Å²) in [7, 11) is 1.86. The molecular formula is C25H27NO3. The Bertz CT molecular complexity index is 1090. The van der Waals surface area contributed by atoms with Gasteiger partial charge in [0.15, 0.2) is 0 Å². The zero-order valence-electron chi connectivity index (χ0n) is 17.1. The molecular weight excluding hydrogens is 362 g/mol. The molecule has 0 saturated heterocycles. The Morgan fingerprint density at radius 1 is 1.03 bits per heavy atom. The predicted octanol–water partition coefficient (Wildman–Crippen LogP) is 5.31. The van der Waals surface area contributed by atoms with Gasteiger partial charge in [0.25, 0.3) is 0 Å². The Balaban J connectivity index is 1.64. The van der Waals surface area contributed by atoms with Gasteiger partial charge in [-0.1, -0.05) is 55.7 Å². The number of rotatable bonds is 4. The van der Waals surface area contributed by atoms with Crippen LogP contribution in [0, 0.1) is 12.8 Å². The van der Waals surface area contributed by atoms with E-state index in [9.17, 15) is 9.59 Å². The van der Waals surface area contributed by atoms with Crippen LogP contribution in [0.4, 0.5) is 0 Å². The standard InChI is InChI=1S/C25H27NO3/c1-17-8-6-7-11-20(17)22-15-24(27)29-23-14-18(12-13-21(22)23)16-26(2)25(28)19-9-4-3-5-10-19/h6-8,11-15,19H,3-5,9-10,16H2,1-2H3. The fourth-order valence-electron chi connectivity index (χ4n) is 4.42. The Hall–Kier alpha value is -2.88. The number of nitrogens with zero attached hydrogens (tertiary/aromatic N) is 1. The number of aryl methyl sites for hydroxylation is 1. The van der Waals surface area contributed by atoms with Gasteiger partial charge in [-0.3, -0.25) is 4.79 Å². The fourth-order valence-corrected chi connectivity index (χ4v) is 4.42. The van der Waals surface area contributed by atoms with Gasteiger partial charge in [0.05, 0.1) is 0 Å². The summed E-state index contributed by atoms with van der Waals surface area (Å²) in [6.45, 7) is 2.56. The molecule has 3 aromatic rings. The summed E-state index contributed by atoms with van der Waals surface area (Å²) < 4.78 is 5.50. The molecule has 150 valence electrons. The second-order valence-corrected chi connectivity index (χ2v) is 8.15. The van der Waals surface area contributed by atoms with Crippen LogP contribution in [0.2, 0.25) is 0 Å². The number of hydrogen-bond acceptors (Lipinski definition) is 3. The first-order chi connectivity index (χ1) is 14.0. The lowest BCUT2D eigenvalue weighted by Crippen LogP contribution is -2.33. The molecule has 1 aromatic heterocycles. The molecule has 4 rings (SSSR count). The van der Waals surface area contributed by atoms with Crippen molar-refractivity contribution >= 4 is 16.9 Å². The van der Waals surface area contributed by atoms with Crippen molar-refractivity contribution in [3.8, 4) is 11.1 Å². The summed E-state index contributed by atoms with van der Waals surface area (Å²) in [4.78, 5) is 26.8. The van der Waals surface area contributed by atoms with Crippen molar-refractivity contribution in [3.05, 3.63) is 70.1 Å². The van der Waals surface area contributed by atoms with Crippen LogP contribution >= 0.6 is 0 Å². The first-order valence-corrected chi connectivity index (χ1v) is 10.4. The Morgan fingerprint density at radius 3 is 2.55 bits per heavy atom. The highest BCUT2D eigenvalue weighted by molar-refractivity contribution is 5.94. The molecule has 1 heterocycles. The highest BCUT2D eigenvalue weighted by atomic mass is 16.4. The normalized spacial score (nSPS) is 14.8. The molecule has 0 aliphatic heterocycles. The van der Waals surface area contributed by atoms with Crippen LogP contribution in [0.15, 0.2) is 57.7 Å². The van der Waals surface area contributed by atoms with Crippen molar-refractivity contribution < 1.29 is 9.21 Å². The third-order valence-electron chi connectivity index (χ3n) is 5.99. The van der Waals surface area contributed by atoms with Crippen LogP contribution in [0.3, 0.4) is 0 Å². The molecule has 1 aliphatic carbocycles. The molecule has 0 radical (unpaired) electrons. The van der Waals surface area contributed by atoms with Crippen molar-refractivity contribution in [2.45, 2.75) is 45.6 Å². The second kappa shape index (κ2) is 8.24. The van der Waals surface area contributed by atoms with E-state index in [1.807, 2.05) is 56.4 Å². The van der Waals surface area contributed by atoms with E-state index in [-0.39, 0.29) is 17.5 Å². The second-order valence-electron chi connectivity index (χ2n) is 8.15. The Morgan fingerprint density at radius 2 is 1.79 bits per heavy atom. The van der Waals surface area contributed by atoms with Gasteiger partial charge in [-0.05, 0) is 42.5 Å². The van der Waals surface area contributed by atoms with Gasteiger partial charge in [-0.15, -0.1) is 0 Å². The SMILES string of the molecule is Cc1ccccc1-c1cc(=O)oc2cc(CN(C)C(=O)C3CCCCC3)ccc12. The van der Waals surface area contributed by atoms with Crippen molar-refractivity contribution in [3.63, 3.8) is 0 Å². The molecule has 2 aromatic carbocycles. The lowest BCUT2D eigenvalue weighted by Gasteiger charge is -2.26. The minimum atomic E-state index is -0.362. The zero-order chi connectivity index (χ0) is 20.4. The molecule has 0 N–H and O–H groups in total. The molecule has 4 heteroatoms. The van der Waals surface area contributed by atoms with Crippen LogP contribution in [0.1, 0.15) is 43.2 Å². The molecule has 0 unspecified atom stereocenters. The number of amides is 1. The van der Waals surface area contributed by atoms with E-state index < -0.39 is 0 Å². The molecule has 0 atom stereocenters.